The number of Topliss-reactive ketones (excluding diaryl/α,β-unsaturated/α-hetero) is 1. The molecule has 1 heterocycles. The summed E-state index contributed by atoms with van der Waals surface area (Å²) in [4.78, 5) is 10.9. The maximum Gasteiger partial charge on any atom is 0.303 e. The van der Waals surface area contributed by atoms with Crippen molar-refractivity contribution < 1.29 is 18.0 Å². The smallest absolute Gasteiger partial charge is 0.303 e. The van der Waals surface area contributed by atoms with Gasteiger partial charge in [0.25, 0.3) is 5.78 Å². The molecule has 0 aliphatic heterocycles. The molecule has 0 atom stereocenters. The Bertz CT molecular complexity index is 441. The molecule has 0 aliphatic rings. The highest BCUT2D eigenvalue weighted by Crippen LogP contribution is 2.20. The first-order valence-corrected chi connectivity index (χ1v) is 3.99. The van der Waals surface area contributed by atoms with E-state index in [-0.39, 0.29) is 5.76 Å². The van der Waals surface area contributed by atoms with Crippen LogP contribution in [0.3, 0.4) is 0 Å². The van der Waals surface area contributed by atoms with E-state index in [0.29, 0.717) is 11.0 Å². The summed E-state index contributed by atoms with van der Waals surface area (Å²) in [6.07, 6.45) is -3.02. The van der Waals surface area contributed by atoms with Gasteiger partial charge in [0.15, 0.2) is 5.76 Å². The van der Waals surface area contributed by atoms with Gasteiger partial charge in [-0.2, -0.15) is 0 Å². The lowest BCUT2D eigenvalue weighted by molar-refractivity contribution is 0.0651. The summed E-state index contributed by atoms with van der Waals surface area (Å²) >= 11 is 0. The number of furan rings is 1. The molecule has 0 unspecified atom stereocenters. The fourth-order valence-electron chi connectivity index (χ4n) is 1.21. The first kappa shape index (κ1) is 8.87. The van der Waals surface area contributed by atoms with E-state index in [1.807, 2.05) is 0 Å². The largest absolute Gasteiger partial charge is 0.453 e. The Morgan fingerprint density at radius 3 is 2.64 bits per heavy atom. The van der Waals surface area contributed by atoms with Crippen LogP contribution in [0.4, 0.5) is 8.78 Å². The third-order valence-corrected chi connectivity index (χ3v) is 1.87. The Morgan fingerprint density at radius 1 is 1.29 bits per heavy atom. The molecular weight excluding hydrogens is 190 g/mol. The SMILES string of the molecule is O=C(c1cc2ccccc2o1)C(F)F. The average Bonchev–Trinajstić information content (AvgIpc) is 2.59. The molecule has 0 aliphatic carbocycles. The van der Waals surface area contributed by atoms with Crippen molar-refractivity contribution in [1.82, 2.24) is 0 Å². The van der Waals surface area contributed by atoms with E-state index in [1.165, 1.54) is 6.07 Å². The molecule has 2 rings (SSSR count). The minimum Gasteiger partial charge on any atom is -0.453 e. The second-order valence-electron chi connectivity index (χ2n) is 2.81. The van der Waals surface area contributed by atoms with Gasteiger partial charge in [-0.25, -0.2) is 8.78 Å². The summed E-state index contributed by atoms with van der Waals surface area (Å²) in [6, 6.07) is 8.10. The second-order valence-corrected chi connectivity index (χ2v) is 2.81. The van der Waals surface area contributed by atoms with E-state index in [0.717, 1.165) is 0 Å². The van der Waals surface area contributed by atoms with Gasteiger partial charge in [-0.1, -0.05) is 18.2 Å². The molecule has 72 valence electrons. The Kier molecular flexibility index (Phi) is 2.04. The van der Waals surface area contributed by atoms with Gasteiger partial charge in [-0.05, 0) is 12.1 Å². The highest BCUT2D eigenvalue weighted by Gasteiger charge is 2.21. The fourth-order valence-corrected chi connectivity index (χ4v) is 1.21. The number of ketones is 1. The molecule has 1 aromatic carbocycles. The van der Waals surface area contributed by atoms with Gasteiger partial charge in [0.1, 0.15) is 5.58 Å². The normalized spacial score (nSPS) is 11.1. The van der Waals surface area contributed by atoms with Gasteiger partial charge in [-0.15, -0.1) is 0 Å². The van der Waals surface area contributed by atoms with Crippen LogP contribution >= 0.6 is 0 Å². The highest BCUT2D eigenvalue weighted by molar-refractivity contribution is 5.99. The van der Waals surface area contributed by atoms with E-state index in [4.69, 9.17) is 4.42 Å². The Balaban J connectivity index is 2.50. The van der Waals surface area contributed by atoms with Crippen molar-refractivity contribution in [3.05, 3.63) is 36.1 Å². The minimum atomic E-state index is -3.02. The molecule has 0 saturated heterocycles. The van der Waals surface area contributed by atoms with Crippen LogP contribution in [0.25, 0.3) is 11.0 Å². The Morgan fingerprint density at radius 2 is 2.00 bits per heavy atom. The van der Waals surface area contributed by atoms with Crippen LogP contribution < -0.4 is 0 Å². The summed E-state index contributed by atoms with van der Waals surface area (Å²) in [7, 11) is 0. The molecule has 0 amide bonds. The Labute approximate surface area is 78.1 Å². The van der Waals surface area contributed by atoms with Gasteiger partial charge in [-0.3, -0.25) is 4.79 Å². The van der Waals surface area contributed by atoms with Crippen LogP contribution in [-0.2, 0) is 0 Å². The molecule has 14 heavy (non-hydrogen) atoms. The predicted molar refractivity (Wildman–Crippen MR) is 46.5 cm³/mol. The zero-order valence-corrected chi connectivity index (χ0v) is 7.04. The fraction of sp³-hybridized carbons (Fsp3) is 0.100. The topological polar surface area (TPSA) is 30.2 Å². The third-order valence-electron chi connectivity index (χ3n) is 1.87. The van der Waals surface area contributed by atoms with Crippen molar-refractivity contribution in [2.75, 3.05) is 0 Å². The van der Waals surface area contributed by atoms with Gasteiger partial charge in [0.05, 0.1) is 0 Å². The third kappa shape index (κ3) is 1.39. The van der Waals surface area contributed by atoms with Crippen molar-refractivity contribution in [2.45, 2.75) is 6.43 Å². The van der Waals surface area contributed by atoms with Crippen LogP contribution in [0.1, 0.15) is 10.6 Å². The van der Waals surface area contributed by atoms with Gasteiger partial charge >= 0.3 is 6.43 Å². The monoisotopic (exact) mass is 196 g/mol. The van der Waals surface area contributed by atoms with E-state index < -0.39 is 12.2 Å². The van der Waals surface area contributed by atoms with Crippen LogP contribution in [0.2, 0.25) is 0 Å². The quantitative estimate of drug-likeness (QED) is 0.691. The molecular formula is C10H6F2O2. The average molecular weight is 196 g/mol. The Hall–Kier alpha value is -1.71. The standard InChI is InChI=1S/C10H6F2O2/c11-10(12)9(13)8-5-6-3-1-2-4-7(6)14-8/h1-5,10H. The lowest BCUT2D eigenvalue weighted by atomic mass is 10.2. The van der Waals surface area contributed by atoms with Crippen LogP contribution in [0, 0.1) is 0 Å². The minimum absolute atomic E-state index is 0.291. The number of alkyl halides is 2. The highest BCUT2D eigenvalue weighted by atomic mass is 19.3. The lowest BCUT2D eigenvalue weighted by Gasteiger charge is -1.91. The molecule has 0 spiro atoms. The number of benzene rings is 1. The zero-order valence-electron chi connectivity index (χ0n) is 7.04. The van der Waals surface area contributed by atoms with Crippen LogP contribution in [0.5, 0.6) is 0 Å². The predicted octanol–water partition coefficient (Wildman–Crippen LogP) is 2.88. The number of para-hydroxylation sites is 1. The van der Waals surface area contributed by atoms with Crippen molar-refractivity contribution >= 4 is 16.8 Å². The van der Waals surface area contributed by atoms with Gasteiger partial charge < -0.3 is 4.42 Å². The number of hydrogen-bond donors (Lipinski definition) is 0. The zero-order chi connectivity index (χ0) is 10.1. The lowest BCUT2D eigenvalue weighted by Crippen LogP contribution is -2.08. The molecule has 1 aromatic heterocycles. The maximum absolute atomic E-state index is 12.0. The van der Waals surface area contributed by atoms with E-state index in [1.54, 1.807) is 24.3 Å². The second kappa shape index (κ2) is 3.21. The number of carbonyl (C=O) groups is 1. The van der Waals surface area contributed by atoms with Gasteiger partial charge in [0, 0.05) is 5.39 Å². The number of hydrogen-bond acceptors (Lipinski definition) is 2. The first-order chi connectivity index (χ1) is 6.68. The summed E-state index contributed by atoms with van der Waals surface area (Å²) in [5.41, 5.74) is 0.441. The number of fused-ring (bicyclic) bond motifs is 1. The molecule has 0 N–H and O–H groups in total. The molecule has 2 nitrogen and oxygen atoms in total. The first-order valence-electron chi connectivity index (χ1n) is 3.99. The van der Waals surface area contributed by atoms with Crippen LogP contribution in [0.15, 0.2) is 34.7 Å². The maximum atomic E-state index is 12.0. The molecule has 0 saturated carbocycles. The van der Waals surface area contributed by atoms with Crippen molar-refractivity contribution in [3.8, 4) is 0 Å². The van der Waals surface area contributed by atoms with Crippen molar-refractivity contribution in [2.24, 2.45) is 0 Å². The summed E-state index contributed by atoms with van der Waals surface area (Å²) in [5.74, 6) is -1.57. The molecule has 2 aromatic rings. The van der Waals surface area contributed by atoms with Crippen molar-refractivity contribution in [1.29, 1.82) is 0 Å². The van der Waals surface area contributed by atoms with Crippen LogP contribution in [-0.4, -0.2) is 12.2 Å². The van der Waals surface area contributed by atoms with E-state index in [2.05, 4.69) is 0 Å². The number of carbonyl (C=O) groups excluding carboxylic acids is 1. The molecule has 0 radical (unpaired) electrons. The number of rotatable bonds is 2. The number of halogens is 2. The summed E-state index contributed by atoms with van der Waals surface area (Å²) in [6.45, 7) is 0. The molecule has 4 heteroatoms. The van der Waals surface area contributed by atoms with E-state index >= 15 is 0 Å². The van der Waals surface area contributed by atoms with Crippen molar-refractivity contribution in [3.63, 3.8) is 0 Å². The summed E-state index contributed by atoms with van der Waals surface area (Å²) in [5, 5.41) is 0.650. The molecule has 0 fully saturated rings. The van der Waals surface area contributed by atoms with E-state index in [9.17, 15) is 13.6 Å². The van der Waals surface area contributed by atoms with Gasteiger partial charge in [0.2, 0.25) is 0 Å². The molecule has 0 bridgehead atoms. The summed E-state index contributed by atoms with van der Waals surface area (Å²) < 4.78 is 29.0.